The second kappa shape index (κ2) is 6.93. The number of urea groups is 1. The third-order valence-electron chi connectivity index (χ3n) is 5.02. The molecular weight excluding hydrogens is 316 g/mol. The summed E-state index contributed by atoms with van der Waals surface area (Å²) in [6, 6.07) is 3.30. The van der Waals surface area contributed by atoms with Crippen LogP contribution in [0, 0.1) is 11.6 Å². The molecular formula is C17H23F2N3O2. The predicted molar refractivity (Wildman–Crippen MR) is 86.9 cm³/mol. The van der Waals surface area contributed by atoms with Crippen LogP contribution < -0.4 is 15.5 Å². The van der Waals surface area contributed by atoms with Crippen LogP contribution in [0.4, 0.5) is 19.3 Å². The molecule has 24 heavy (non-hydrogen) atoms. The lowest BCUT2D eigenvalue weighted by molar-refractivity contribution is 0.162. The summed E-state index contributed by atoms with van der Waals surface area (Å²) in [6.45, 7) is 0.767. The molecule has 1 unspecified atom stereocenters. The van der Waals surface area contributed by atoms with Crippen LogP contribution in [-0.2, 0) is 0 Å². The zero-order chi connectivity index (χ0) is 17.2. The van der Waals surface area contributed by atoms with E-state index in [-0.39, 0.29) is 24.4 Å². The molecule has 1 aromatic carbocycles. The van der Waals surface area contributed by atoms with Crippen LogP contribution in [0.2, 0.25) is 0 Å². The van der Waals surface area contributed by atoms with Crippen molar-refractivity contribution in [3.05, 3.63) is 29.8 Å². The second-order valence-electron chi connectivity index (χ2n) is 6.75. The Balaban J connectivity index is 1.57. The van der Waals surface area contributed by atoms with E-state index in [1.165, 1.54) is 18.2 Å². The monoisotopic (exact) mass is 339 g/mol. The Kier molecular flexibility index (Phi) is 4.89. The van der Waals surface area contributed by atoms with Gasteiger partial charge in [0.25, 0.3) is 0 Å². The van der Waals surface area contributed by atoms with Gasteiger partial charge in [-0.3, -0.25) is 0 Å². The first-order valence-corrected chi connectivity index (χ1v) is 8.41. The summed E-state index contributed by atoms with van der Waals surface area (Å²) in [6.07, 6.45) is 4.14. The SMILES string of the molecule is O=C(NC1CCN(c2c(F)cccc2F)C1)NC1(CO)CCCC1. The van der Waals surface area contributed by atoms with E-state index >= 15 is 0 Å². The van der Waals surface area contributed by atoms with Gasteiger partial charge in [0, 0.05) is 19.1 Å². The molecule has 1 aliphatic heterocycles. The number of anilines is 1. The van der Waals surface area contributed by atoms with Gasteiger partial charge >= 0.3 is 6.03 Å². The van der Waals surface area contributed by atoms with E-state index in [4.69, 9.17) is 0 Å². The van der Waals surface area contributed by atoms with Gasteiger partial charge in [-0.15, -0.1) is 0 Å². The molecule has 3 rings (SSSR count). The van der Waals surface area contributed by atoms with E-state index in [0.29, 0.717) is 19.5 Å². The summed E-state index contributed by atoms with van der Waals surface area (Å²) in [4.78, 5) is 13.8. The van der Waals surface area contributed by atoms with Crippen molar-refractivity contribution >= 4 is 11.7 Å². The van der Waals surface area contributed by atoms with Crippen LogP contribution in [-0.4, -0.2) is 42.4 Å². The zero-order valence-electron chi connectivity index (χ0n) is 13.5. The summed E-state index contributed by atoms with van der Waals surface area (Å²) in [5.74, 6) is -1.18. The molecule has 2 amide bonds. The van der Waals surface area contributed by atoms with Crippen LogP contribution in [0.5, 0.6) is 0 Å². The third kappa shape index (κ3) is 3.45. The Morgan fingerprint density at radius 1 is 1.29 bits per heavy atom. The van der Waals surface area contributed by atoms with Crippen molar-refractivity contribution in [3.63, 3.8) is 0 Å². The van der Waals surface area contributed by atoms with Crippen molar-refractivity contribution in [2.24, 2.45) is 0 Å². The maximum absolute atomic E-state index is 13.8. The fraction of sp³-hybridized carbons (Fsp3) is 0.588. The molecule has 0 radical (unpaired) electrons. The number of benzene rings is 1. The molecule has 0 aromatic heterocycles. The summed E-state index contributed by atoms with van der Waals surface area (Å²) in [5, 5.41) is 15.3. The van der Waals surface area contributed by atoms with Crippen molar-refractivity contribution in [1.82, 2.24) is 10.6 Å². The van der Waals surface area contributed by atoms with E-state index in [1.807, 2.05) is 0 Å². The number of halogens is 2. The van der Waals surface area contributed by atoms with Crippen molar-refractivity contribution in [1.29, 1.82) is 0 Å². The minimum absolute atomic E-state index is 0.0372. The maximum Gasteiger partial charge on any atom is 0.315 e. The first kappa shape index (κ1) is 17.0. The minimum atomic E-state index is -0.592. The molecule has 0 bridgehead atoms. The number of nitrogens with one attached hydrogen (secondary N) is 2. The van der Waals surface area contributed by atoms with Gasteiger partial charge in [0.15, 0.2) is 0 Å². The molecule has 1 saturated carbocycles. The highest BCUT2D eigenvalue weighted by Crippen LogP contribution is 2.29. The molecule has 2 aliphatic rings. The summed E-state index contributed by atoms with van der Waals surface area (Å²) < 4.78 is 27.7. The molecule has 2 fully saturated rings. The summed E-state index contributed by atoms with van der Waals surface area (Å²) in [7, 11) is 0. The molecule has 1 aromatic rings. The van der Waals surface area contributed by atoms with Crippen LogP contribution >= 0.6 is 0 Å². The molecule has 5 nitrogen and oxygen atoms in total. The fourth-order valence-electron chi connectivity index (χ4n) is 3.71. The van der Waals surface area contributed by atoms with Crippen LogP contribution in [0.3, 0.4) is 0 Å². The maximum atomic E-state index is 13.8. The number of carbonyl (C=O) groups is 1. The first-order chi connectivity index (χ1) is 11.5. The fourth-order valence-corrected chi connectivity index (χ4v) is 3.71. The molecule has 1 saturated heterocycles. The van der Waals surface area contributed by atoms with Gasteiger partial charge in [0.1, 0.15) is 17.3 Å². The Labute approximate surface area is 140 Å². The summed E-state index contributed by atoms with van der Waals surface area (Å²) in [5.41, 5.74) is -0.565. The molecule has 132 valence electrons. The number of nitrogens with zero attached hydrogens (tertiary/aromatic N) is 1. The molecule has 0 spiro atoms. The lowest BCUT2D eigenvalue weighted by Crippen LogP contribution is -2.55. The number of aliphatic hydroxyl groups excluding tert-OH is 1. The highest BCUT2D eigenvalue weighted by molar-refractivity contribution is 5.75. The van der Waals surface area contributed by atoms with E-state index in [0.717, 1.165) is 25.7 Å². The lowest BCUT2D eigenvalue weighted by atomic mass is 9.99. The van der Waals surface area contributed by atoms with Crippen LogP contribution in [0.25, 0.3) is 0 Å². The normalized spacial score (nSPS) is 22.6. The largest absolute Gasteiger partial charge is 0.394 e. The van der Waals surface area contributed by atoms with E-state index in [9.17, 15) is 18.7 Å². The average Bonchev–Trinajstić information content (AvgIpc) is 3.17. The first-order valence-electron chi connectivity index (χ1n) is 8.41. The number of amides is 2. The topological polar surface area (TPSA) is 64.6 Å². The van der Waals surface area contributed by atoms with Crippen LogP contribution in [0.1, 0.15) is 32.1 Å². The van der Waals surface area contributed by atoms with Crippen LogP contribution in [0.15, 0.2) is 18.2 Å². The Morgan fingerprint density at radius 2 is 1.96 bits per heavy atom. The Bertz CT molecular complexity index is 585. The standard InChI is InChI=1S/C17H23F2N3O2/c18-13-4-3-5-14(19)15(13)22-9-6-12(10-22)20-16(24)21-17(11-23)7-1-2-8-17/h3-5,12,23H,1-2,6-11H2,(H2,20,21,24). The van der Waals surface area contributed by atoms with E-state index in [1.54, 1.807) is 4.90 Å². The zero-order valence-corrected chi connectivity index (χ0v) is 13.5. The van der Waals surface area contributed by atoms with Gasteiger partial charge < -0.3 is 20.6 Å². The third-order valence-corrected chi connectivity index (χ3v) is 5.02. The van der Waals surface area contributed by atoms with Gasteiger partial charge in [-0.2, -0.15) is 0 Å². The smallest absolute Gasteiger partial charge is 0.315 e. The van der Waals surface area contributed by atoms with Gasteiger partial charge in [-0.25, -0.2) is 13.6 Å². The van der Waals surface area contributed by atoms with Gasteiger partial charge in [-0.05, 0) is 31.4 Å². The molecule has 3 N–H and O–H groups in total. The average molecular weight is 339 g/mol. The molecule has 7 heteroatoms. The number of rotatable bonds is 4. The number of aliphatic hydroxyl groups is 1. The van der Waals surface area contributed by atoms with Gasteiger partial charge in [0.05, 0.1) is 12.1 Å². The van der Waals surface area contributed by atoms with Crippen molar-refractivity contribution in [2.75, 3.05) is 24.6 Å². The Morgan fingerprint density at radius 3 is 2.58 bits per heavy atom. The van der Waals surface area contributed by atoms with E-state index in [2.05, 4.69) is 10.6 Å². The highest BCUT2D eigenvalue weighted by Gasteiger charge is 2.35. The quantitative estimate of drug-likeness (QED) is 0.788. The number of para-hydroxylation sites is 1. The van der Waals surface area contributed by atoms with Crippen molar-refractivity contribution < 1.29 is 18.7 Å². The van der Waals surface area contributed by atoms with Crippen molar-refractivity contribution in [2.45, 2.75) is 43.7 Å². The second-order valence-corrected chi connectivity index (χ2v) is 6.75. The van der Waals surface area contributed by atoms with Gasteiger partial charge in [0.2, 0.25) is 0 Å². The van der Waals surface area contributed by atoms with Crippen molar-refractivity contribution in [3.8, 4) is 0 Å². The summed E-state index contributed by atoms with van der Waals surface area (Å²) >= 11 is 0. The van der Waals surface area contributed by atoms with E-state index < -0.39 is 17.2 Å². The highest BCUT2D eigenvalue weighted by atomic mass is 19.1. The Hall–Kier alpha value is -1.89. The molecule has 1 atom stereocenters. The van der Waals surface area contributed by atoms with Gasteiger partial charge in [-0.1, -0.05) is 18.9 Å². The molecule has 1 heterocycles. The predicted octanol–water partition coefficient (Wildman–Crippen LogP) is 2.15. The minimum Gasteiger partial charge on any atom is -0.394 e. The number of hydrogen-bond donors (Lipinski definition) is 3. The number of carbonyl (C=O) groups excluding carboxylic acids is 1. The lowest BCUT2D eigenvalue weighted by Gasteiger charge is -2.29. The molecule has 1 aliphatic carbocycles. The number of hydrogen-bond acceptors (Lipinski definition) is 3.